The number of thiophene rings is 1. The number of nitrogens with zero attached hydrogens (tertiary/aromatic N) is 4. The van der Waals surface area contributed by atoms with Crippen LogP contribution < -0.4 is 5.32 Å². The first kappa shape index (κ1) is 19.5. The summed E-state index contributed by atoms with van der Waals surface area (Å²) in [4.78, 5) is 22.6. The molecule has 0 saturated carbocycles. The molecule has 2 saturated heterocycles. The van der Waals surface area contributed by atoms with Crippen molar-refractivity contribution in [1.82, 2.24) is 25.3 Å². The van der Waals surface area contributed by atoms with Crippen molar-refractivity contribution in [2.75, 3.05) is 52.5 Å². The Bertz CT molecular complexity index is 745. The Kier molecular flexibility index (Phi) is 6.69. The third-order valence-corrected chi connectivity index (χ3v) is 6.14. The number of amides is 1. The predicted octanol–water partition coefficient (Wildman–Crippen LogP) is 1.46. The van der Waals surface area contributed by atoms with Crippen molar-refractivity contribution in [3.8, 4) is 10.7 Å². The van der Waals surface area contributed by atoms with Crippen LogP contribution in [0.1, 0.15) is 18.7 Å². The number of carbonyl (C=O) groups excluding carboxylic acids is 1. The van der Waals surface area contributed by atoms with Gasteiger partial charge in [-0.1, -0.05) is 11.2 Å². The quantitative estimate of drug-likeness (QED) is 0.747. The maximum absolute atomic E-state index is 12.6. The molecule has 0 aromatic carbocycles. The van der Waals surface area contributed by atoms with Crippen molar-refractivity contribution in [1.29, 1.82) is 0 Å². The molecule has 8 nitrogen and oxygen atoms in total. The number of rotatable bonds is 7. The highest BCUT2D eigenvalue weighted by molar-refractivity contribution is 7.13. The van der Waals surface area contributed by atoms with Crippen LogP contribution in [0.4, 0.5) is 0 Å². The number of aromatic nitrogens is 2. The molecule has 0 bridgehead atoms. The third-order valence-electron chi connectivity index (χ3n) is 5.28. The molecule has 2 aliphatic rings. The molecule has 2 aromatic heterocycles. The minimum atomic E-state index is 0.0260. The number of likely N-dealkylation sites (tertiary alicyclic amines) is 1. The summed E-state index contributed by atoms with van der Waals surface area (Å²) in [7, 11) is 0. The summed E-state index contributed by atoms with van der Waals surface area (Å²) in [6.45, 7) is 7.34. The van der Waals surface area contributed by atoms with Gasteiger partial charge < -0.3 is 14.6 Å². The largest absolute Gasteiger partial charge is 0.379 e. The van der Waals surface area contributed by atoms with E-state index in [9.17, 15) is 4.79 Å². The van der Waals surface area contributed by atoms with Crippen LogP contribution in [0, 0.1) is 5.92 Å². The molecule has 4 rings (SSSR count). The van der Waals surface area contributed by atoms with E-state index in [4.69, 9.17) is 9.26 Å². The Morgan fingerprint density at radius 2 is 2.18 bits per heavy atom. The van der Waals surface area contributed by atoms with Crippen molar-refractivity contribution in [3.05, 3.63) is 23.4 Å². The lowest BCUT2D eigenvalue weighted by Gasteiger charge is -2.31. The fourth-order valence-electron chi connectivity index (χ4n) is 3.74. The van der Waals surface area contributed by atoms with Crippen molar-refractivity contribution in [3.63, 3.8) is 0 Å². The van der Waals surface area contributed by atoms with E-state index < -0.39 is 0 Å². The number of carbonyl (C=O) groups is 1. The molecule has 1 N–H and O–H groups in total. The highest BCUT2D eigenvalue weighted by Crippen LogP contribution is 2.23. The first-order valence-corrected chi connectivity index (χ1v) is 10.8. The average molecular weight is 406 g/mol. The molecule has 0 radical (unpaired) electrons. The lowest BCUT2D eigenvalue weighted by Crippen LogP contribution is -2.45. The SMILES string of the molecule is O=C(NCCN1CCOCC1)C1CCCN(Cc2nc(-c3cccs3)no2)C1. The molecular weight excluding hydrogens is 378 g/mol. The second-order valence-corrected chi connectivity index (χ2v) is 8.26. The molecule has 152 valence electrons. The standard InChI is InChI=1S/C19H27N5O3S/c25-19(20-5-7-23-8-10-26-11-9-23)15-3-1-6-24(13-15)14-17-21-18(22-27-17)16-4-2-12-28-16/h2,4,12,15H,1,3,5-11,13-14H2,(H,20,25). The molecule has 4 heterocycles. The first-order chi connectivity index (χ1) is 13.8. The van der Waals surface area contributed by atoms with Gasteiger partial charge in [0.25, 0.3) is 0 Å². The van der Waals surface area contributed by atoms with Crippen LogP contribution in [0.5, 0.6) is 0 Å². The Hall–Kier alpha value is -1.81. The summed E-state index contributed by atoms with van der Waals surface area (Å²) in [5.41, 5.74) is 0. The van der Waals surface area contributed by atoms with Gasteiger partial charge in [0.05, 0.1) is 30.6 Å². The smallest absolute Gasteiger partial charge is 0.241 e. The summed E-state index contributed by atoms with van der Waals surface area (Å²) in [6, 6.07) is 3.96. The minimum Gasteiger partial charge on any atom is -0.379 e. The molecule has 1 unspecified atom stereocenters. The zero-order valence-corrected chi connectivity index (χ0v) is 16.8. The molecular formula is C19H27N5O3S. The van der Waals surface area contributed by atoms with Gasteiger partial charge in [-0.2, -0.15) is 4.98 Å². The van der Waals surface area contributed by atoms with E-state index in [0.29, 0.717) is 24.8 Å². The zero-order chi connectivity index (χ0) is 19.2. The lowest BCUT2D eigenvalue weighted by molar-refractivity contribution is -0.126. The van der Waals surface area contributed by atoms with E-state index in [0.717, 1.165) is 63.7 Å². The van der Waals surface area contributed by atoms with Crippen LogP contribution in [0.3, 0.4) is 0 Å². The van der Waals surface area contributed by atoms with Gasteiger partial charge in [0.15, 0.2) is 0 Å². The fraction of sp³-hybridized carbons (Fsp3) is 0.632. The van der Waals surface area contributed by atoms with E-state index in [1.165, 1.54) is 0 Å². The van der Waals surface area contributed by atoms with Crippen LogP contribution in [0.25, 0.3) is 10.7 Å². The van der Waals surface area contributed by atoms with E-state index in [2.05, 4.69) is 25.3 Å². The fourth-order valence-corrected chi connectivity index (χ4v) is 4.38. The summed E-state index contributed by atoms with van der Waals surface area (Å²) >= 11 is 1.60. The second kappa shape index (κ2) is 9.60. The Morgan fingerprint density at radius 3 is 3.00 bits per heavy atom. The Labute approximate surface area is 168 Å². The van der Waals surface area contributed by atoms with Gasteiger partial charge in [-0.05, 0) is 30.8 Å². The zero-order valence-electron chi connectivity index (χ0n) is 16.0. The molecule has 0 aliphatic carbocycles. The van der Waals surface area contributed by atoms with E-state index in [-0.39, 0.29) is 11.8 Å². The highest BCUT2D eigenvalue weighted by Gasteiger charge is 2.27. The first-order valence-electron chi connectivity index (χ1n) is 9.94. The molecule has 2 aliphatic heterocycles. The predicted molar refractivity (Wildman–Crippen MR) is 106 cm³/mol. The van der Waals surface area contributed by atoms with Gasteiger partial charge >= 0.3 is 0 Å². The van der Waals surface area contributed by atoms with Crippen LogP contribution in [-0.2, 0) is 16.1 Å². The van der Waals surface area contributed by atoms with Gasteiger partial charge in [0.2, 0.25) is 17.6 Å². The normalized spacial score (nSPS) is 21.6. The molecule has 9 heteroatoms. The maximum atomic E-state index is 12.6. The minimum absolute atomic E-state index is 0.0260. The van der Waals surface area contributed by atoms with Crippen molar-refractivity contribution < 1.29 is 14.1 Å². The highest BCUT2D eigenvalue weighted by atomic mass is 32.1. The summed E-state index contributed by atoms with van der Waals surface area (Å²) < 4.78 is 10.8. The van der Waals surface area contributed by atoms with Crippen LogP contribution >= 0.6 is 11.3 Å². The van der Waals surface area contributed by atoms with E-state index in [1.807, 2.05) is 17.5 Å². The summed E-state index contributed by atoms with van der Waals surface area (Å²) in [6.07, 6.45) is 1.94. The molecule has 28 heavy (non-hydrogen) atoms. The van der Waals surface area contributed by atoms with Crippen LogP contribution in [0.15, 0.2) is 22.0 Å². The summed E-state index contributed by atoms with van der Waals surface area (Å²) in [5, 5.41) is 9.17. The number of ether oxygens (including phenoxy) is 1. The Morgan fingerprint density at radius 1 is 1.29 bits per heavy atom. The monoisotopic (exact) mass is 405 g/mol. The Balaban J connectivity index is 1.23. The van der Waals surface area contributed by atoms with Gasteiger partial charge in [-0.3, -0.25) is 14.6 Å². The third kappa shape index (κ3) is 5.16. The van der Waals surface area contributed by atoms with Crippen molar-refractivity contribution in [2.45, 2.75) is 19.4 Å². The van der Waals surface area contributed by atoms with Crippen molar-refractivity contribution >= 4 is 17.2 Å². The molecule has 0 spiro atoms. The number of nitrogens with one attached hydrogen (secondary N) is 1. The maximum Gasteiger partial charge on any atom is 0.241 e. The van der Waals surface area contributed by atoms with Gasteiger partial charge in [0, 0.05) is 32.7 Å². The average Bonchev–Trinajstić information content (AvgIpc) is 3.41. The topological polar surface area (TPSA) is 83.7 Å². The van der Waals surface area contributed by atoms with Gasteiger partial charge in [-0.15, -0.1) is 11.3 Å². The van der Waals surface area contributed by atoms with E-state index in [1.54, 1.807) is 11.3 Å². The number of hydrogen-bond acceptors (Lipinski definition) is 8. The number of hydrogen-bond donors (Lipinski definition) is 1. The van der Waals surface area contributed by atoms with Gasteiger partial charge in [0.1, 0.15) is 0 Å². The lowest BCUT2D eigenvalue weighted by atomic mass is 9.97. The molecule has 2 aromatic rings. The van der Waals surface area contributed by atoms with Crippen LogP contribution in [0.2, 0.25) is 0 Å². The summed E-state index contributed by atoms with van der Waals surface area (Å²) in [5.74, 6) is 1.43. The number of morpholine rings is 1. The molecule has 2 fully saturated rings. The number of piperidine rings is 1. The van der Waals surface area contributed by atoms with Crippen LogP contribution in [-0.4, -0.2) is 78.3 Å². The van der Waals surface area contributed by atoms with Crippen molar-refractivity contribution in [2.24, 2.45) is 5.92 Å². The van der Waals surface area contributed by atoms with Gasteiger partial charge in [-0.25, -0.2) is 0 Å². The molecule has 1 amide bonds. The van der Waals surface area contributed by atoms with E-state index >= 15 is 0 Å². The second-order valence-electron chi connectivity index (χ2n) is 7.31. The molecule has 1 atom stereocenters.